The molecular formula is C21H24N2O5. The fraction of sp³-hybridized carbons (Fsp3) is 0.381. The summed E-state index contributed by atoms with van der Waals surface area (Å²) >= 11 is 0. The summed E-state index contributed by atoms with van der Waals surface area (Å²) in [5.41, 5.74) is 0.141. The number of benzene rings is 1. The van der Waals surface area contributed by atoms with Crippen LogP contribution in [-0.2, 0) is 25.5 Å². The smallest absolute Gasteiger partial charge is 0.333 e. The molecule has 1 aromatic heterocycles. The van der Waals surface area contributed by atoms with Crippen LogP contribution < -0.4 is 10.6 Å². The third-order valence-electron chi connectivity index (χ3n) is 5.03. The van der Waals surface area contributed by atoms with Crippen LogP contribution in [0.5, 0.6) is 0 Å². The molecule has 28 heavy (non-hydrogen) atoms. The van der Waals surface area contributed by atoms with E-state index >= 15 is 0 Å². The zero-order valence-corrected chi connectivity index (χ0v) is 15.8. The number of carbonyl (C=O) groups excluding carboxylic acids is 3. The topological polar surface area (TPSA) is 97.6 Å². The van der Waals surface area contributed by atoms with Crippen LogP contribution in [0.25, 0.3) is 0 Å². The minimum atomic E-state index is -0.863. The zero-order valence-electron chi connectivity index (χ0n) is 15.8. The Balaban J connectivity index is 1.65. The Morgan fingerprint density at radius 3 is 2.64 bits per heavy atom. The predicted molar refractivity (Wildman–Crippen MR) is 101 cm³/mol. The van der Waals surface area contributed by atoms with Crippen molar-refractivity contribution in [3.05, 3.63) is 60.1 Å². The van der Waals surface area contributed by atoms with Crippen LogP contribution >= 0.6 is 0 Å². The average molecular weight is 384 g/mol. The molecule has 0 radical (unpaired) electrons. The highest BCUT2D eigenvalue weighted by molar-refractivity contribution is 5.85. The van der Waals surface area contributed by atoms with E-state index in [1.54, 1.807) is 36.6 Å². The lowest BCUT2D eigenvalue weighted by atomic mass is 9.87. The van der Waals surface area contributed by atoms with Gasteiger partial charge in [0.2, 0.25) is 11.8 Å². The van der Waals surface area contributed by atoms with Gasteiger partial charge in [0, 0.05) is 24.8 Å². The van der Waals surface area contributed by atoms with E-state index in [2.05, 4.69) is 10.6 Å². The monoisotopic (exact) mass is 384 g/mol. The third-order valence-corrected chi connectivity index (χ3v) is 5.03. The summed E-state index contributed by atoms with van der Waals surface area (Å²) in [4.78, 5) is 36.5. The van der Waals surface area contributed by atoms with Gasteiger partial charge in [-0.15, -0.1) is 0 Å². The molecule has 7 heteroatoms. The summed E-state index contributed by atoms with van der Waals surface area (Å²) < 4.78 is 10.2. The lowest BCUT2D eigenvalue weighted by molar-refractivity contribution is -0.145. The first-order valence-electron chi connectivity index (χ1n) is 9.27. The third kappa shape index (κ3) is 4.79. The summed E-state index contributed by atoms with van der Waals surface area (Å²) in [5.74, 6) is -0.0683. The molecule has 0 unspecified atom stereocenters. The normalized spacial score (nSPS) is 19.7. The van der Waals surface area contributed by atoms with Gasteiger partial charge < -0.3 is 19.8 Å². The van der Waals surface area contributed by atoms with Crippen molar-refractivity contribution in [1.29, 1.82) is 0 Å². The first-order valence-corrected chi connectivity index (χ1v) is 9.27. The molecule has 1 aliphatic heterocycles. The van der Waals surface area contributed by atoms with Crippen molar-refractivity contribution in [2.75, 3.05) is 7.11 Å². The fourth-order valence-corrected chi connectivity index (χ4v) is 3.56. The molecule has 2 atom stereocenters. The standard InChI is InChI=1S/C21H24N2O5/c1-27-20(26)19(15-6-3-2-4-7-15)22-17(24)9-11-21(12-10-18(25)23-21)14-16-8-5-13-28-16/h2-8,13,19H,9-12,14H2,1H3,(H,22,24)(H,23,25)/t19-,21+/m0/s1. The van der Waals surface area contributed by atoms with Crippen LogP contribution in [0.2, 0.25) is 0 Å². The van der Waals surface area contributed by atoms with E-state index in [-0.39, 0.29) is 18.2 Å². The summed E-state index contributed by atoms with van der Waals surface area (Å²) in [6, 6.07) is 11.7. The van der Waals surface area contributed by atoms with Crippen molar-refractivity contribution in [1.82, 2.24) is 10.6 Å². The SMILES string of the molecule is COC(=O)[C@@H](NC(=O)CC[C@]1(Cc2ccco2)CCC(=O)N1)c1ccccc1. The highest BCUT2D eigenvalue weighted by Gasteiger charge is 2.39. The number of ether oxygens (including phenoxy) is 1. The van der Waals surface area contributed by atoms with E-state index in [1.807, 2.05) is 12.1 Å². The van der Waals surface area contributed by atoms with Gasteiger partial charge in [0.15, 0.2) is 6.04 Å². The van der Waals surface area contributed by atoms with Crippen LogP contribution in [0.15, 0.2) is 53.1 Å². The number of hydrogen-bond acceptors (Lipinski definition) is 5. The number of carbonyl (C=O) groups is 3. The molecule has 0 aliphatic carbocycles. The van der Waals surface area contributed by atoms with E-state index < -0.39 is 17.6 Å². The number of amides is 2. The van der Waals surface area contributed by atoms with Gasteiger partial charge in [0.05, 0.1) is 13.4 Å². The van der Waals surface area contributed by atoms with E-state index in [9.17, 15) is 14.4 Å². The van der Waals surface area contributed by atoms with Gasteiger partial charge in [0.1, 0.15) is 5.76 Å². The number of rotatable bonds is 8. The van der Waals surface area contributed by atoms with Gasteiger partial charge >= 0.3 is 5.97 Å². The number of methoxy groups -OCH3 is 1. The molecule has 7 nitrogen and oxygen atoms in total. The minimum absolute atomic E-state index is 0.0244. The van der Waals surface area contributed by atoms with Crippen LogP contribution in [-0.4, -0.2) is 30.4 Å². The van der Waals surface area contributed by atoms with Crippen LogP contribution in [0.1, 0.15) is 43.0 Å². The highest BCUT2D eigenvalue weighted by atomic mass is 16.5. The molecule has 148 valence electrons. The van der Waals surface area contributed by atoms with Crippen molar-refractivity contribution in [3.8, 4) is 0 Å². The summed E-state index contributed by atoms with van der Waals surface area (Å²) in [7, 11) is 1.29. The van der Waals surface area contributed by atoms with Gasteiger partial charge in [-0.2, -0.15) is 0 Å². The molecule has 2 amide bonds. The Morgan fingerprint density at radius 2 is 2.04 bits per heavy atom. The number of nitrogens with one attached hydrogen (secondary N) is 2. The largest absolute Gasteiger partial charge is 0.469 e. The second kappa shape index (κ2) is 8.73. The van der Waals surface area contributed by atoms with Crippen molar-refractivity contribution in [3.63, 3.8) is 0 Å². The molecule has 0 bridgehead atoms. The van der Waals surface area contributed by atoms with Crippen LogP contribution in [0.4, 0.5) is 0 Å². The lowest BCUT2D eigenvalue weighted by Crippen LogP contribution is -2.45. The lowest BCUT2D eigenvalue weighted by Gasteiger charge is -2.28. The first-order chi connectivity index (χ1) is 13.5. The predicted octanol–water partition coefficient (Wildman–Crippen LogP) is 2.28. The average Bonchev–Trinajstić information content (AvgIpc) is 3.35. The van der Waals surface area contributed by atoms with Crippen molar-refractivity contribution >= 4 is 17.8 Å². The molecule has 1 saturated heterocycles. The second-order valence-electron chi connectivity index (χ2n) is 7.02. The molecule has 3 rings (SSSR count). The van der Waals surface area contributed by atoms with E-state index in [0.717, 1.165) is 5.76 Å². The molecule has 0 saturated carbocycles. The first kappa shape index (κ1) is 19.7. The summed E-state index contributed by atoms with van der Waals surface area (Å²) in [5, 5.41) is 5.76. The maximum Gasteiger partial charge on any atom is 0.333 e. The Kier molecular flexibility index (Phi) is 6.13. The summed E-state index contributed by atoms with van der Waals surface area (Å²) in [6.45, 7) is 0. The van der Waals surface area contributed by atoms with Crippen LogP contribution in [0.3, 0.4) is 0 Å². The van der Waals surface area contributed by atoms with Gasteiger partial charge in [-0.05, 0) is 30.5 Å². The van der Waals surface area contributed by atoms with Crippen molar-refractivity contribution in [2.24, 2.45) is 0 Å². The van der Waals surface area contributed by atoms with Crippen molar-refractivity contribution < 1.29 is 23.5 Å². The van der Waals surface area contributed by atoms with E-state index in [1.165, 1.54) is 7.11 Å². The maximum absolute atomic E-state index is 12.6. The number of esters is 1. The van der Waals surface area contributed by atoms with Crippen molar-refractivity contribution in [2.45, 2.75) is 43.7 Å². The van der Waals surface area contributed by atoms with E-state index in [0.29, 0.717) is 31.2 Å². The maximum atomic E-state index is 12.6. The Morgan fingerprint density at radius 1 is 1.25 bits per heavy atom. The molecule has 1 aromatic carbocycles. The van der Waals surface area contributed by atoms with Gasteiger partial charge in [-0.1, -0.05) is 30.3 Å². The molecule has 1 aliphatic rings. The Bertz CT molecular complexity index is 819. The number of hydrogen-bond donors (Lipinski definition) is 2. The summed E-state index contributed by atoms with van der Waals surface area (Å²) in [6.07, 6.45) is 3.80. The minimum Gasteiger partial charge on any atom is -0.469 e. The zero-order chi connectivity index (χ0) is 20.0. The van der Waals surface area contributed by atoms with Gasteiger partial charge in [-0.3, -0.25) is 9.59 Å². The second-order valence-corrected chi connectivity index (χ2v) is 7.02. The molecule has 0 spiro atoms. The molecular weight excluding hydrogens is 360 g/mol. The van der Waals surface area contributed by atoms with E-state index in [4.69, 9.17) is 9.15 Å². The fourth-order valence-electron chi connectivity index (χ4n) is 3.56. The molecule has 2 heterocycles. The quantitative estimate of drug-likeness (QED) is 0.681. The number of furan rings is 1. The van der Waals surface area contributed by atoms with Crippen LogP contribution in [0, 0.1) is 0 Å². The van der Waals surface area contributed by atoms with Gasteiger partial charge in [0.25, 0.3) is 0 Å². The molecule has 1 fully saturated rings. The van der Waals surface area contributed by atoms with Gasteiger partial charge in [-0.25, -0.2) is 4.79 Å². The molecule has 2 aromatic rings. The Hall–Kier alpha value is -3.09. The molecule has 2 N–H and O–H groups in total. The highest BCUT2D eigenvalue weighted by Crippen LogP contribution is 2.30. The Labute approximate surface area is 163 Å².